The van der Waals surface area contributed by atoms with Gasteiger partial charge in [0.2, 0.25) is 0 Å². The Morgan fingerprint density at radius 3 is 1.69 bits per heavy atom. The van der Waals surface area contributed by atoms with E-state index < -0.39 is 55.4 Å². The van der Waals surface area contributed by atoms with Gasteiger partial charge in [-0.1, -0.05) is 132 Å². The van der Waals surface area contributed by atoms with Crippen LogP contribution in [0.3, 0.4) is 0 Å². The molecule has 1 rings (SSSR count). The topological polar surface area (TPSA) is 152 Å². The zero-order valence-electron chi connectivity index (χ0n) is 32.0. The van der Waals surface area contributed by atoms with Gasteiger partial charge >= 0.3 is 11.9 Å². The van der Waals surface area contributed by atoms with Crippen LogP contribution in [0.15, 0.2) is 60.8 Å². The van der Waals surface area contributed by atoms with Crippen LogP contribution in [0.4, 0.5) is 0 Å². The summed E-state index contributed by atoms with van der Waals surface area (Å²) in [6, 6.07) is 0. The molecule has 52 heavy (non-hydrogen) atoms. The third kappa shape index (κ3) is 24.6. The van der Waals surface area contributed by atoms with E-state index in [2.05, 4.69) is 68.5 Å². The molecule has 1 heterocycles. The zero-order chi connectivity index (χ0) is 38.1. The van der Waals surface area contributed by atoms with E-state index in [9.17, 15) is 30.0 Å². The number of rotatable bonds is 31. The Hall–Kier alpha value is -2.60. The van der Waals surface area contributed by atoms with Crippen molar-refractivity contribution in [3.8, 4) is 0 Å². The van der Waals surface area contributed by atoms with E-state index in [-0.39, 0.29) is 26.1 Å². The Balaban J connectivity index is 2.44. The van der Waals surface area contributed by atoms with Gasteiger partial charge in [-0.3, -0.25) is 9.59 Å². The van der Waals surface area contributed by atoms with Gasteiger partial charge in [-0.05, 0) is 51.4 Å². The average Bonchev–Trinajstić information content (AvgIpc) is 3.14. The van der Waals surface area contributed by atoms with Crippen LogP contribution in [-0.2, 0) is 28.5 Å². The molecular weight excluding hydrogens is 664 g/mol. The molecule has 298 valence electrons. The number of hydrogen-bond acceptors (Lipinski definition) is 10. The van der Waals surface area contributed by atoms with Gasteiger partial charge in [-0.25, -0.2) is 0 Å². The van der Waals surface area contributed by atoms with Crippen molar-refractivity contribution in [2.24, 2.45) is 0 Å². The van der Waals surface area contributed by atoms with Gasteiger partial charge in [0.15, 0.2) is 12.4 Å². The molecule has 1 saturated heterocycles. The monoisotopic (exact) mass is 734 g/mol. The highest BCUT2D eigenvalue weighted by Crippen LogP contribution is 2.22. The molecule has 1 aliphatic rings. The van der Waals surface area contributed by atoms with Crippen LogP contribution in [0.1, 0.15) is 136 Å². The molecule has 0 aromatic heterocycles. The summed E-state index contributed by atoms with van der Waals surface area (Å²) in [5, 5.41) is 39.9. The quantitative estimate of drug-likeness (QED) is 0.0320. The maximum Gasteiger partial charge on any atom is 0.306 e. The van der Waals surface area contributed by atoms with E-state index in [4.69, 9.17) is 18.9 Å². The number of unbranched alkanes of at least 4 members (excludes halogenated alkanes) is 10. The lowest BCUT2D eigenvalue weighted by Gasteiger charge is -2.39. The van der Waals surface area contributed by atoms with Crippen molar-refractivity contribution in [1.82, 2.24) is 0 Å². The molecule has 1 fully saturated rings. The van der Waals surface area contributed by atoms with Crippen molar-refractivity contribution in [3.05, 3.63) is 60.8 Å². The van der Waals surface area contributed by atoms with Gasteiger partial charge in [-0.15, -0.1) is 0 Å². The van der Waals surface area contributed by atoms with Crippen LogP contribution in [0, 0.1) is 0 Å². The molecule has 0 saturated carbocycles. The number of aliphatic hydroxyl groups excluding tert-OH is 4. The predicted octanol–water partition coefficient (Wildman–Crippen LogP) is 7.49. The van der Waals surface area contributed by atoms with Gasteiger partial charge in [-0.2, -0.15) is 0 Å². The summed E-state index contributed by atoms with van der Waals surface area (Å²) < 4.78 is 22.0. The molecule has 0 aromatic carbocycles. The van der Waals surface area contributed by atoms with E-state index >= 15 is 0 Å². The Labute approximate surface area is 313 Å². The van der Waals surface area contributed by atoms with Crippen molar-refractivity contribution < 1.29 is 49.0 Å². The summed E-state index contributed by atoms with van der Waals surface area (Å²) in [6.07, 6.45) is 31.0. The first kappa shape index (κ1) is 47.4. The maximum absolute atomic E-state index is 12.7. The van der Waals surface area contributed by atoms with Crippen LogP contribution in [0.2, 0.25) is 0 Å². The predicted molar refractivity (Wildman–Crippen MR) is 205 cm³/mol. The fourth-order valence-electron chi connectivity index (χ4n) is 5.52. The molecular formula is C42H70O10. The molecule has 0 spiro atoms. The van der Waals surface area contributed by atoms with Crippen molar-refractivity contribution in [1.29, 1.82) is 0 Å². The molecule has 0 aromatic rings. The number of esters is 2. The smallest absolute Gasteiger partial charge is 0.306 e. The highest BCUT2D eigenvalue weighted by molar-refractivity contribution is 5.70. The van der Waals surface area contributed by atoms with Gasteiger partial charge < -0.3 is 39.4 Å². The standard InChI is InChI=1S/C42H70O10/c1-3-5-7-9-11-13-15-16-17-18-19-20-21-23-25-27-29-31-38(45)51-35(34-50-42-41(48)40(47)39(46)36(32-43)52-42)33-49-37(44)30-28-26-24-22-14-12-10-8-6-4-2/h5,7,11,13,16-17,19-20,23,25,35-36,39-43,46-48H,3-4,6,8-10,12,14-15,18,21-22,24,26-34H2,1-2H3/b7-5-,13-11-,17-16-,20-19-,25-23-. The molecule has 10 heteroatoms. The molecule has 6 atom stereocenters. The maximum atomic E-state index is 12.7. The first-order valence-electron chi connectivity index (χ1n) is 19.9. The second kappa shape index (κ2) is 33.0. The zero-order valence-corrected chi connectivity index (χ0v) is 32.0. The minimum absolute atomic E-state index is 0.150. The summed E-state index contributed by atoms with van der Waals surface area (Å²) in [5.41, 5.74) is 0. The van der Waals surface area contributed by atoms with E-state index in [0.717, 1.165) is 57.8 Å². The number of carbonyl (C=O) groups excluding carboxylic acids is 2. The van der Waals surface area contributed by atoms with Crippen molar-refractivity contribution in [2.75, 3.05) is 19.8 Å². The van der Waals surface area contributed by atoms with E-state index in [0.29, 0.717) is 12.8 Å². The number of allylic oxidation sites excluding steroid dienone is 10. The van der Waals surface area contributed by atoms with Crippen LogP contribution in [-0.4, -0.2) is 89.0 Å². The SMILES string of the molecule is CC/C=C\C/C=C\C/C=C\C/C=C\C/C=C\CCCC(=O)OC(COC(=O)CCCCCCCCCCCC)COC1OC(CO)C(O)C(O)C1O. The highest BCUT2D eigenvalue weighted by Gasteiger charge is 2.44. The lowest BCUT2D eigenvalue weighted by molar-refractivity contribution is -0.305. The fourth-order valence-corrected chi connectivity index (χ4v) is 5.52. The van der Waals surface area contributed by atoms with Crippen LogP contribution >= 0.6 is 0 Å². The Morgan fingerprint density at radius 2 is 1.13 bits per heavy atom. The lowest BCUT2D eigenvalue weighted by Crippen LogP contribution is -2.59. The normalized spacial score (nSPS) is 21.7. The summed E-state index contributed by atoms with van der Waals surface area (Å²) in [4.78, 5) is 25.1. The summed E-state index contributed by atoms with van der Waals surface area (Å²) in [5.74, 6) is -0.882. The van der Waals surface area contributed by atoms with Gasteiger partial charge in [0, 0.05) is 12.8 Å². The molecule has 0 bridgehead atoms. The molecule has 0 amide bonds. The van der Waals surface area contributed by atoms with E-state index in [1.165, 1.54) is 38.5 Å². The molecule has 0 radical (unpaired) electrons. The van der Waals surface area contributed by atoms with Crippen molar-refractivity contribution in [2.45, 2.75) is 173 Å². The number of ether oxygens (including phenoxy) is 4. The average molecular weight is 735 g/mol. The van der Waals surface area contributed by atoms with Crippen LogP contribution in [0.5, 0.6) is 0 Å². The Bertz CT molecular complexity index is 1030. The van der Waals surface area contributed by atoms with E-state index in [1.807, 2.05) is 6.08 Å². The molecule has 1 aliphatic heterocycles. The van der Waals surface area contributed by atoms with Crippen LogP contribution in [0.25, 0.3) is 0 Å². The minimum atomic E-state index is -1.60. The first-order chi connectivity index (χ1) is 25.3. The molecule has 6 unspecified atom stereocenters. The first-order valence-corrected chi connectivity index (χ1v) is 19.9. The summed E-state index contributed by atoms with van der Waals surface area (Å²) in [7, 11) is 0. The number of aliphatic hydroxyl groups is 4. The largest absolute Gasteiger partial charge is 0.462 e. The summed E-state index contributed by atoms with van der Waals surface area (Å²) >= 11 is 0. The number of hydrogen-bond donors (Lipinski definition) is 4. The number of carbonyl (C=O) groups is 2. The van der Waals surface area contributed by atoms with Crippen molar-refractivity contribution in [3.63, 3.8) is 0 Å². The highest BCUT2D eigenvalue weighted by atomic mass is 16.7. The Kier molecular flexibility index (Phi) is 30.1. The third-order valence-corrected chi connectivity index (χ3v) is 8.67. The minimum Gasteiger partial charge on any atom is -0.462 e. The van der Waals surface area contributed by atoms with Crippen molar-refractivity contribution >= 4 is 11.9 Å². The molecule has 0 aliphatic carbocycles. The fraction of sp³-hybridized carbons (Fsp3) is 0.714. The second-order valence-electron chi connectivity index (χ2n) is 13.4. The van der Waals surface area contributed by atoms with Crippen LogP contribution < -0.4 is 0 Å². The Morgan fingerprint density at radius 1 is 0.615 bits per heavy atom. The van der Waals surface area contributed by atoms with Gasteiger partial charge in [0.25, 0.3) is 0 Å². The van der Waals surface area contributed by atoms with E-state index in [1.54, 1.807) is 0 Å². The lowest BCUT2D eigenvalue weighted by atomic mass is 9.99. The van der Waals surface area contributed by atoms with Gasteiger partial charge in [0.1, 0.15) is 31.0 Å². The summed E-state index contributed by atoms with van der Waals surface area (Å²) in [6.45, 7) is 3.21. The molecule has 4 N–H and O–H groups in total. The third-order valence-electron chi connectivity index (χ3n) is 8.67. The molecule has 10 nitrogen and oxygen atoms in total. The van der Waals surface area contributed by atoms with Gasteiger partial charge in [0.05, 0.1) is 13.2 Å². The second-order valence-corrected chi connectivity index (χ2v) is 13.4.